The summed E-state index contributed by atoms with van der Waals surface area (Å²) in [6, 6.07) is 19.0. The summed E-state index contributed by atoms with van der Waals surface area (Å²) in [6.45, 7) is -0.587. The molecule has 156 valence electrons. The highest BCUT2D eigenvalue weighted by atomic mass is 19.4. The first-order valence-electron chi connectivity index (χ1n) is 9.33. The Morgan fingerprint density at radius 3 is 2.19 bits per heavy atom. The van der Waals surface area contributed by atoms with Crippen molar-refractivity contribution in [3.63, 3.8) is 0 Å². The van der Waals surface area contributed by atoms with Gasteiger partial charge in [0.25, 0.3) is 11.5 Å². The fourth-order valence-electron chi connectivity index (χ4n) is 3.37. The Balaban J connectivity index is 1.59. The van der Waals surface area contributed by atoms with Crippen molar-refractivity contribution in [3.8, 4) is 0 Å². The summed E-state index contributed by atoms with van der Waals surface area (Å²) in [7, 11) is 0. The number of nitrogens with one attached hydrogen (secondary N) is 1. The van der Waals surface area contributed by atoms with E-state index >= 15 is 0 Å². The fourth-order valence-corrected chi connectivity index (χ4v) is 3.37. The van der Waals surface area contributed by atoms with Crippen LogP contribution in [0.2, 0.25) is 0 Å². The summed E-state index contributed by atoms with van der Waals surface area (Å²) >= 11 is 0. The molecule has 4 aromatic rings. The number of amides is 1. The smallest absolute Gasteiger partial charge is 0.305 e. The molecule has 5 nitrogen and oxygen atoms in total. The maximum absolute atomic E-state index is 12.8. The van der Waals surface area contributed by atoms with Gasteiger partial charge >= 0.3 is 6.18 Å². The van der Waals surface area contributed by atoms with Gasteiger partial charge in [0.2, 0.25) is 0 Å². The Morgan fingerprint density at radius 2 is 1.58 bits per heavy atom. The SMILES string of the molecule is O=C(Cn1cc(C(F)(F)F)ccc1=O)NN=Cc1c2ccccc2cc2ccccc12. The number of alkyl halides is 3. The van der Waals surface area contributed by atoms with Gasteiger partial charge in [0.15, 0.2) is 0 Å². The highest BCUT2D eigenvalue weighted by molar-refractivity contribution is 6.13. The molecule has 0 atom stereocenters. The first-order chi connectivity index (χ1) is 14.8. The summed E-state index contributed by atoms with van der Waals surface area (Å²) in [5, 5.41) is 7.86. The number of fused-ring (bicyclic) bond motifs is 2. The molecule has 4 rings (SSSR count). The normalized spacial score (nSPS) is 12.0. The van der Waals surface area contributed by atoms with Crippen LogP contribution >= 0.6 is 0 Å². The van der Waals surface area contributed by atoms with Gasteiger partial charge < -0.3 is 4.57 Å². The third kappa shape index (κ3) is 4.32. The molecule has 1 heterocycles. The second kappa shape index (κ2) is 8.06. The molecule has 8 heteroatoms. The van der Waals surface area contributed by atoms with E-state index in [9.17, 15) is 22.8 Å². The van der Waals surface area contributed by atoms with Crippen LogP contribution in [0, 0.1) is 0 Å². The summed E-state index contributed by atoms with van der Waals surface area (Å²) in [6.07, 6.45) is -2.50. The lowest BCUT2D eigenvalue weighted by Gasteiger charge is -2.10. The number of carbonyl (C=O) groups is 1. The number of aromatic nitrogens is 1. The van der Waals surface area contributed by atoms with Gasteiger partial charge in [0.1, 0.15) is 6.54 Å². The van der Waals surface area contributed by atoms with Crippen LogP contribution in [0.1, 0.15) is 11.1 Å². The van der Waals surface area contributed by atoms with Gasteiger partial charge in [-0.1, -0.05) is 48.5 Å². The van der Waals surface area contributed by atoms with E-state index in [1.54, 1.807) is 0 Å². The van der Waals surface area contributed by atoms with Crippen molar-refractivity contribution in [1.82, 2.24) is 9.99 Å². The predicted octanol–water partition coefficient (Wildman–Crippen LogP) is 4.32. The zero-order chi connectivity index (χ0) is 22.0. The minimum Gasteiger partial charge on any atom is -0.305 e. The average Bonchev–Trinajstić information content (AvgIpc) is 2.74. The Hall–Kier alpha value is -3.94. The minimum atomic E-state index is -4.61. The number of carbonyl (C=O) groups excluding carboxylic acids is 1. The van der Waals surface area contributed by atoms with E-state index in [0.29, 0.717) is 16.8 Å². The molecule has 0 unspecified atom stereocenters. The maximum Gasteiger partial charge on any atom is 0.417 e. The molecule has 0 bridgehead atoms. The molecule has 1 aromatic heterocycles. The second-order valence-electron chi connectivity index (χ2n) is 6.91. The molecular weight excluding hydrogens is 407 g/mol. The van der Waals surface area contributed by atoms with E-state index < -0.39 is 29.8 Å². The Kier molecular flexibility index (Phi) is 5.29. The summed E-state index contributed by atoms with van der Waals surface area (Å²) in [5.74, 6) is -0.720. The average molecular weight is 423 g/mol. The van der Waals surface area contributed by atoms with E-state index in [1.165, 1.54) is 6.21 Å². The molecule has 0 radical (unpaired) electrons. The zero-order valence-electron chi connectivity index (χ0n) is 16.1. The number of hydrogen-bond donors (Lipinski definition) is 1. The lowest BCUT2D eigenvalue weighted by atomic mass is 9.97. The molecular formula is C23H16F3N3O2. The lowest BCUT2D eigenvalue weighted by Crippen LogP contribution is -2.30. The van der Waals surface area contributed by atoms with Crippen LogP contribution < -0.4 is 11.0 Å². The van der Waals surface area contributed by atoms with Crippen LogP contribution in [0.5, 0.6) is 0 Å². The molecule has 0 fully saturated rings. The van der Waals surface area contributed by atoms with Gasteiger partial charge in [-0.25, -0.2) is 5.43 Å². The van der Waals surface area contributed by atoms with Crippen LogP contribution in [0.4, 0.5) is 13.2 Å². The van der Waals surface area contributed by atoms with Gasteiger partial charge in [0.05, 0.1) is 11.8 Å². The Bertz CT molecular complexity index is 1320. The first-order valence-corrected chi connectivity index (χ1v) is 9.33. The van der Waals surface area contributed by atoms with Crippen LogP contribution in [-0.4, -0.2) is 16.7 Å². The quantitative estimate of drug-likeness (QED) is 0.302. The molecule has 0 aliphatic heterocycles. The van der Waals surface area contributed by atoms with Gasteiger partial charge in [-0.3, -0.25) is 9.59 Å². The van der Waals surface area contributed by atoms with Gasteiger partial charge in [-0.15, -0.1) is 0 Å². The number of benzene rings is 3. The largest absolute Gasteiger partial charge is 0.417 e. The zero-order valence-corrected chi connectivity index (χ0v) is 16.1. The minimum absolute atomic E-state index is 0.587. The van der Waals surface area contributed by atoms with E-state index in [4.69, 9.17) is 0 Å². The number of rotatable bonds is 4. The third-order valence-corrected chi connectivity index (χ3v) is 4.82. The van der Waals surface area contributed by atoms with E-state index in [0.717, 1.165) is 33.2 Å². The summed E-state index contributed by atoms with van der Waals surface area (Å²) in [4.78, 5) is 24.0. The van der Waals surface area contributed by atoms with E-state index in [-0.39, 0.29) is 0 Å². The Morgan fingerprint density at radius 1 is 0.968 bits per heavy atom. The van der Waals surface area contributed by atoms with E-state index in [2.05, 4.69) is 16.6 Å². The number of pyridine rings is 1. The third-order valence-electron chi connectivity index (χ3n) is 4.82. The van der Waals surface area contributed by atoms with Crippen molar-refractivity contribution in [2.45, 2.75) is 12.7 Å². The topological polar surface area (TPSA) is 63.5 Å². The standard InChI is InChI=1S/C23H16F3N3O2/c24-23(25,26)17-9-10-22(31)29(13-17)14-21(30)28-27-12-20-18-7-3-1-5-15(18)11-16-6-2-4-8-19(16)20/h1-13H,14H2,(H,28,30). The van der Waals surface area contributed by atoms with Crippen molar-refractivity contribution >= 4 is 33.7 Å². The summed E-state index contributed by atoms with van der Waals surface area (Å²) in [5.41, 5.74) is 1.36. The Labute approximate surface area is 174 Å². The number of halogens is 3. The molecule has 0 spiro atoms. The van der Waals surface area contributed by atoms with Gasteiger partial charge in [0, 0.05) is 17.8 Å². The summed E-state index contributed by atoms with van der Waals surface area (Å²) < 4.78 is 39.2. The molecule has 0 saturated heterocycles. The molecule has 1 amide bonds. The molecule has 31 heavy (non-hydrogen) atoms. The second-order valence-corrected chi connectivity index (χ2v) is 6.91. The molecule has 0 aliphatic rings. The van der Waals surface area contributed by atoms with E-state index in [1.807, 2.05) is 48.5 Å². The molecule has 1 N–H and O–H groups in total. The van der Waals surface area contributed by atoms with Crippen molar-refractivity contribution < 1.29 is 18.0 Å². The monoisotopic (exact) mass is 423 g/mol. The number of nitrogens with zero attached hydrogens (tertiary/aromatic N) is 2. The number of hydrazone groups is 1. The number of hydrogen-bond acceptors (Lipinski definition) is 3. The molecule has 3 aromatic carbocycles. The van der Waals surface area contributed by atoms with Gasteiger partial charge in [-0.2, -0.15) is 18.3 Å². The molecule has 0 aliphatic carbocycles. The van der Waals surface area contributed by atoms with Crippen LogP contribution in [-0.2, 0) is 17.5 Å². The predicted molar refractivity (Wildman–Crippen MR) is 113 cm³/mol. The first kappa shape index (κ1) is 20.3. The van der Waals surface area contributed by atoms with Crippen molar-refractivity contribution in [2.24, 2.45) is 5.10 Å². The van der Waals surface area contributed by atoms with Crippen molar-refractivity contribution in [1.29, 1.82) is 0 Å². The fraction of sp³-hybridized carbons (Fsp3) is 0.0870. The van der Waals surface area contributed by atoms with Crippen LogP contribution in [0.3, 0.4) is 0 Å². The van der Waals surface area contributed by atoms with Crippen LogP contribution in [0.15, 0.2) is 82.8 Å². The molecule has 0 saturated carbocycles. The van der Waals surface area contributed by atoms with Crippen molar-refractivity contribution in [3.05, 3.63) is 94.4 Å². The van der Waals surface area contributed by atoms with Gasteiger partial charge in [-0.05, 0) is 33.7 Å². The van der Waals surface area contributed by atoms with Crippen LogP contribution in [0.25, 0.3) is 21.5 Å². The maximum atomic E-state index is 12.8. The highest BCUT2D eigenvalue weighted by Crippen LogP contribution is 2.28. The lowest BCUT2D eigenvalue weighted by molar-refractivity contribution is -0.138. The van der Waals surface area contributed by atoms with Crippen molar-refractivity contribution in [2.75, 3.05) is 0 Å². The highest BCUT2D eigenvalue weighted by Gasteiger charge is 2.31.